The van der Waals surface area contributed by atoms with Gasteiger partial charge in [-0.3, -0.25) is 9.59 Å². The van der Waals surface area contributed by atoms with Crippen LogP contribution in [0.5, 0.6) is 0 Å². The highest BCUT2D eigenvalue weighted by Gasteiger charge is 2.46. The number of carbonyl (C=O) groups excluding carboxylic acids is 2. The third-order valence-electron chi connectivity index (χ3n) is 6.58. The summed E-state index contributed by atoms with van der Waals surface area (Å²) < 4.78 is 0. The van der Waals surface area contributed by atoms with Gasteiger partial charge in [0.2, 0.25) is 11.8 Å². The molecule has 3 N–H and O–H groups in total. The summed E-state index contributed by atoms with van der Waals surface area (Å²) in [5.74, 6) is 0.240. The van der Waals surface area contributed by atoms with Crippen molar-refractivity contribution >= 4 is 24.2 Å². The van der Waals surface area contributed by atoms with Gasteiger partial charge in [-0.2, -0.15) is 0 Å². The molecular formula is C24H28ClN3O2. The Labute approximate surface area is 183 Å². The summed E-state index contributed by atoms with van der Waals surface area (Å²) in [6, 6.07) is 21.0. The second kappa shape index (κ2) is 8.78. The first kappa shape index (κ1) is 20.9. The van der Waals surface area contributed by atoms with Crippen LogP contribution in [0.4, 0.5) is 0 Å². The van der Waals surface area contributed by atoms with Gasteiger partial charge in [0, 0.05) is 37.0 Å². The molecule has 2 aliphatic carbocycles. The van der Waals surface area contributed by atoms with E-state index < -0.39 is 0 Å². The van der Waals surface area contributed by atoms with Gasteiger partial charge >= 0.3 is 0 Å². The van der Waals surface area contributed by atoms with Crippen LogP contribution in [0.25, 0.3) is 0 Å². The molecule has 1 heterocycles. The van der Waals surface area contributed by atoms with Gasteiger partial charge in [0.05, 0.1) is 11.8 Å². The zero-order valence-corrected chi connectivity index (χ0v) is 17.6. The summed E-state index contributed by atoms with van der Waals surface area (Å²) in [6.45, 7) is 1.14. The minimum absolute atomic E-state index is 0. The molecule has 2 saturated carbocycles. The van der Waals surface area contributed by atoms with Crippen LogP contribution in [-0.4, -0.2) is 37.0 Å². The standard InChI is InChI=1S/C24H27N3O2.ClH/c28-23(26-21-11-17(21)15-7-3-1-4-8-15)19-13-25-14-20(19)24(29)27-22-12-18(22)16-9-5-2-6-10-16;/h1-10,17-22,25H,11-14H2,(H,26,28)(H,27,29);1H/t17-,18-,19?,20?,21+,22+;/m0./s1. The van der Waals surface area contributed by atoms with Crippen molar-refractivity contribution in [3.63, 3.8) is 0 Å². The van der Waals surface area contributed by atoms with Gasteiger partial charge < -0.3 is 16.0 Å². The molecule has 2 aromatic carbocycles. The molecule has 0 spiro atoms. The fourth-order valence-electron chi connectivity index (χ4n) is 4.66. The van der Waals surface area contributed by atoms with Gasteiger partial charge in [-0.15, -0.1) is 12.4 Å². The van der Waals surface area contributed by atoms with E-state index in [0.29, 0.717) is 24.9 Å². The smallest absolute Gasteiger partial charge is 0.225 e. The lowest BCUT2D eigenvalue weighted by Gasteiger charge is -2.18. The molecule has 3 fully saturated rings. The Hall–Kier alpha value is -2.37. The summed E-state index contributed by atoms with van der Waals surface area (Å²) in [4.78, 5) is 25.7. The molecule has 2 unspecified atom stereocenters. The molecule has 1 saturated heterocycles. The SMILES string of the molecule is Cl.O=C(N[C@@H]1C[C@H]1c1ccccc1)C1CNCC1C(=O)N[C@@H]1C[C@H]1c1ccccc1. The lowest BCUT2D eigenvalue weighted by atomic mass is 9.94. The quantitative estimate of drug-likeness (QED) is 0.666. The van der Waals surface area contributed by atoms with Crippen LogP contribution >= 0.6 is 12.4 Å². The third kappa shape index (κ3) is 4.37. The molecule has 0 aromatic heterocycles. The first-order valence-electron chi connectivity index (χ1n) is 10.6. The molecule has 1 aliphatic heterocycles. The Kier molecular flexibility index (Phi) is 6.11. The summed E-state index contributed by atoms with van der Waals surface area (Å²) in [5, 5.41) is 9.58. The average molecular weight is 426 g/mol. The number of carbonyl (C=O) groups is 2. The van der Waals surface area contributed by atoms with E-state index >= 15 is 0 Å². The average Bonchev–Trinajstić information content (AvgIpc) is 3.65. The monoisotopic (exact) mass is 425 g/mol. The third-order valence-corrected chi connectivity index (χ3v) is 6.58. The van der Waals surface area contributed by atoms with Gasteiger partial charge in [-0.05, 0) is 24.0 Å². The van der Waals surface area contributed by atoms with Crippen molar-refractivity contribution < 1.29 is 9.59 Å². The fraction of sp³-hybridized carbons (Fsp3) is 0.417. The van der Waals surface area contributed by atoms with E-state index in [2.05, 4.69) is 40.2 Å². The van der Waals surface area contributed by atoms with Crippen molar-refractivity contribution in [1.29, 1.82) is 0 Å². The van der Waals surface area contributed by atoms with E-state index in [-0.39, 0.29) is 48.1 Å². The maximum atomic E-state index is 12.8. The first-order chi connectivity index (χ1) is 14.2. The zero-order valence-electron chi connectivity index (χ0n) is 16.8. The van der Waals surface area contributed by atoms with E-state index in [1.165, 1.54) is 11.1 Å². The van der Waals surface area contributed by atoms with Crippen molar-refractivity contribution in [3.05, 3.63) is 71.8 Å². The van der Waals surface area contributed by atoms with Crippen LogP contribution in [0, 0.1) is 11.8 Å². The fourth-order valence-corrected chi connectivity index (χ4v) is 4.66. The van der Waals surface area contributed by atoms with E-state index in [1.54, 1.807) is 0 Å². The lowest BCUT2D eigenvalue weighted by Crippen LogP contribution is -2.43. The molecule has 0 bridgehead atoms. The summed E-state index contributed by atoms with van der Waals surface area (Å²) in [6.07, 6.45) is 1.96. The lowest BCUT2D eigenvalue weighted by molar-refractivity contribution is -0.133. The summed E-state index contributed by atoms with van der Waals surface area (Å²) in [7, 11) is 0. The Morgan fingerprint density at radius 1 is 0.700 bits per heavy atom. The zero-order chi connectivity index (χ0) is 19.8. The Morgan fingerprint density at radius 3 is 1.50 bits per heavy atom. The molecule has 0 radical (unpaired) electrons. The number of nitrogens with one attached hydrogen (secondary N) is 3. The van der Waals surface area contributed by atoms with E-state index in [1.807, 2.05) is 36.4 Å². The van der Waals surface area contributed by atoms with Crippen molar-refractivity contribution in [2.45, 2.75) is 36.8 Å². The van der Waals surface area contributed by atoms with Crippen LogP contribution < -0.4 is 16.0 Å². The molecule has 2 amide bonds. The largest absolute Gasteiger partial charge is 0.352 e. The van der Waals surface area contributed by atoms with Crippen LogP contribution in [0.2, 0.25) is 0 Å². The molecule has 2 aromatic rings. The summed E-state index contributed by atoms with van der Waals surface area (Å²) >= 11 is 0. The van der Waals surface area contributed by atoms with Crippen LogP contribution in [0.3, 0.4) is 0 Å². The Balaban J connectivity index is 0.00000218. The maximum Gasteiger partial charge on any atom is 0.225 e. The molecule has 30 heavy (non-hydrogen) atoms. The van der Waals surface area contributed by atoms with Crippen molar-refractivity contribution in [2.24, 2.45) is 11.8 Å². The minimum Gasteiger partial charge on any atom is -0.352 e. The molecule has 6 atom stereocenters. The van der Waals surface area contributed by atoms with Crippen molar-refractivity contribution in [3.8, 4) is 0 Å². The molecule has 5 nitrogen and oxygen atoms in total. The summed E-state index contributed by atoms with van der Waals surface area (Å²) in [5.41, 5.74) is 2.55. The van der Waals surface area contributed by atoms with Gasteiger partial charge in [-0.1, -0.05) is 60.7 Å². The van der Waals surface area contributed by atoms with Gasteiger partial charge in [0.15, 0.2) is 0 Å². The van der Waals surface area contributed by atoms with Crippen molar-refractivity contribution in [1.82, 2.24) is 16.0 Å². The second-order valence-electron chi connectivity index (χ2n) is 8.61. The number of benzene rings is 2. The van der Waals surface area contributed by atoms with E-state index in [4.69, 9.17) is 0 Å². The maximum absolute atomic E-state index is 12.8. The van der Waals surface area contributed by atoms with Crippen LogP contribution in [0.1, 0.15) is 35.8 Å². The van der Waals surface area contributed by atoms with Gasteiger partial charge in [-0.25, -0.2) is 0 Å². The topological polar surface area (TPSA) is 70.2 Å². The van der Waals surface area contributed by atoms with Crippen LogP contribution in [-0.2, 0) is 9.59 Å². The number of halogens is 1. The van der Waals surface area contributed by atoms with Gasteiger partial charge in [0.1, 0.15) is 0 Å². The predicted octanol–water partition coefficient (Wildman–Crippen LogP) is 2.59. The minimum atomic E-state index is -0.291. The van der Waals surface area contributed by atoms with Gasteiger partial charge in [0.25, 0.3) is 0 Å². The number of hydrogen-bond acceptors (Lipinski definition) is 3. The first-order valence-corrected chi connectivity index (χ1v) is 10.6. The molecule has 3 aliphatic rings. The van der Waals surface area contributed by atoms with Crippen LogP contribution in [0.15, 0.2) is 60.7 Å². The second-order valence-corrected chi connectivity index (χ2v) is 8.61. The number of hydrogen-bond donors (Lipinski definition) is 3. The predicted molar refractivity (Wildman–Crippen MR) is 119 cm³/mol. The number of rotatable bonds is 6. The highest BCUT2D eigenvalue weighted by Crippen LogP contribution is 2.42. The highest BCUT2D eigenvalue weighted by molar-refractivity contribution is 5.89. The molecular weight excluding hydrogens is 398 g/mol. The molecule has 5 rings (SSSR count). The highest BCUT2D eigenvalue weighted by atomic mass is 35.5. The normalized spacial score (nSPS) is 31.3. The van der Waals surface area contributed by atoms with E-state index in [0.717, 1.165) is 12.8 Å². The van der Waals surface area contributed by atoms with Crippen molar-refractivity contribution in [2.75, 3.05) is 13.1 Å². The Bertz CT molecular complexity index is 818. The molecule has 6 heteroatoms. The Morgan fingerprint density at radius 2 is 1.10 bits per heavy atom. The van der Waals surface area contributed by atoms with E-state index in [9.17, 15) is 9.59 Å². The molecule has 158 valence electrons. The number of amides is 2.